The quantitative estimate of drug-likeness (QED) is 0.273. The molecule has 0 fully saturated rings. The fraction of sp³-hybridized carbons (Fsp3) is 0.125. The van der Waals surface area contributed by atoms with Crippen LogP contribution in [0.2, 0.25) is 0 Å². The summed E-state index contributed by atoms with van der Waals surface area (Å²) in [7, 11) is 0. The van der Waals surface area contributed by atoms with Crippen molar-refractivity contribution < 1.29 is 0 Å². The molecule has 0 aliphatic heterocycles. The Morgan fingerprint density at radius 3 is 2.06 bits per heavy atom. The zero-order chi connectivity index (χ0) is 24.4. The molecule has 0 unspecified atom stereocenters. The first kappa shape index (κ1) is 22.9. The lowest BCUT2D eigenvalue weighted by Gasteiger charge is -2.10. The molecular formula is C32H30N2S. The second kappa shape index (κ2) is 9.81. The number of nitrogens with one attached hydrogen (secondary N) is 1. The molecule has 3 heteroatoms. The molecule has 0 aliphatic rings. The summed E-state index contributed by atoms with van der Waals surface area (Å²) in [6.45, 7) is 8.26. The maximum atomic E-state index is 3.57. The first-order valence-corrected chi connectivity index (χ1v) is 13.1. The molecule has 0 saturated carbocycles. The average Bonchev–Trinajstić information content (AvgIpc) is 3.45. The van der Waals surface area contributed by atoms with Gasteiger partial charge in [-0.2, -0.15) is 0 Å². The molecule has 35 heavy (non-hydrogen) atoms. The highest BCUT2D eigenvalue weighted by Crippen LogP contribution is 2.38. The van der Waals surface area contributed by atoms with Gasteiger partial charge in [0.05, 0.1) is 11.0 Å². The van der Waals surface area contributed by atoms with Gasteiger partial charge in [0, 0.05) is 42.5 Å². The summed E-state index contributed by atoms with van der Waals surface area (Å²) in [6, 6.07) is 32.3. The van der Waals surface area contributed by atoms with Crippen LogP contribution in [0.3, 0.4) is 0 Å². The van der Waals surface area contributed by atoms with E-state index in [-0.39, 0.29) is 0 Å². The molecule has 2 nitrogen and oxygen atoms in total. The third-order valence-electron chi connectivity index (χ3n) is 6.28. The molecule has 6 aromatic rings. The van der Waals surface area contributed by atoms with Crippen molar-refractivity contribution in [1.82, 2.24) is 4.57 Å². The van der Waals surface area contributed by atoms with Crippen LogP contribution in [0.1, 0.15) is 27.7 Å². The Hall–Kier alpha value is -3.82. The molecule has 6 rings (SSSR count). The molecule has 0 saturated heterocycles. The Kier molecular flexibility index (Phi) is 6.43. The highest BCUT2D eigenvalue weighted by Gasteiger charge is 2.17. The van der Waals surface area contributed by atoms with E-state index in [1.807, 2.05) is 31.3 Å². The highest BCUT2D eigenvalue weighted by atomic mass is 32.1. The van der Waals surface area contributed by atoms with Crippen molar-refractivity contribution in [3.8, 4) is 5.69 Å². The maximum Gasteiger partial charge on any atom is 0.0562 e. The number of hydrogen-bond donors (Lipinski definition) is 1. The minimum Gasteiger partial charge on any atom is -0.355 e. The Bertz CT molecular complexity index is 1740. The van der Waals surface area contributed by atoms with Crippen molar-refractivity contribution in [2.75, 3.05) is 5.32 Å². The van der Waals surface area contributed by atoms with Crippen LogP contribution in [-0.4, -0.2) is 4.57 Å². The van der Waals surface area contributed by atoms with E-state index >= 15 is 0 Å². The molecule has 2 aromatic heterocycles. The smallest absolute Gasteiger partial charge is 0.0562 e. The average molecular weight is 475 g/mol. The van der Waals surface area contributed by atoms with Crippen LogP contribution in [0.25, 0.3) is 49.7 Å². The summed E-state index contributed by atoms with van der Waals surface area (Å²) in [5, 5.41) is 8.85. The number of para-hydroxylation sites is 2. The van der Waals surface area contributed by atoms with Crippen molar-refractivity contribution in [3.63, 3.8) is 0 Å². The lowest BCUT2D eigenvalue weighted by Crippen LogP contribution is -2.17. The second-order valence-electron chi connectivity index (χ2n) is 8.19. The van der Waals surface area contributed by atoms with Crippen molar-refractivity contribution in [2.24, 2.45) is 0 Å². The first-order valence-electron chi connectivity index (χ1n) is 12.3. The molecule has 2 heterocycles. The van der Waals surface area contributed by atoms with Gasteiger partial charge < -0.3 is 9.88 Å². The Labute approximate surface area is 210 Å². The van der Waals surface area contributed by atoms with E-state index in [0.29, 0.717) is 0 Å². The molecule has 174 valence electrons. The van der Waals surface area contributed by atoms with Crippen LogP contribution in [0.4, 0.5) is 11.4 Å². The fourth-order valence-electron chi connectivity index (χ4n) is 4.83. The van der Waals surface area contributed by atoms with E-state index in [9.17, 15) is 0 Å². The monoisotopic (exact) mass is 474 g/mol. The molecule has 0 radical (unpaired) electrons. The van der Waals surface area contributed by atoms with Crippen LogP contribution < -0.4 is 15.1 Å². The Balaban J connectivity index is 0.00000124. The molecule has 0 aliphatic carbocycles. The van der Waals surface area contributed by atoms with Crippen molar-refractivity contribution in [2.45, 2.75) is 27.7 Å². The Morgan fingerprint density at radius 2 is 1.37 bits per heavy atom. The van der Waals surface area contributed by atoms with Crippen LogP contribution in [0, 0.1) is 0 Å². The van der Waals surface area contributed by atoms with Gasteiger partial charge in [-0.25, -0.2) is 0 Å². The number of aromatic nitrogens is 1. The molecular weight excluding hydrogens is 444 g/mol. The minimum absolute atomic E-state index is 1.08. The number of hydrogen-bond acceptors (Lipinski definition) is 2. The molecule has 0 spiro atoms. The van der Waals surface area contributed by atoms with Crippen molar-refractivity contribution >= 4 is 66.8 Å². The highest BCUT2D eigenvalue weighted by molar-refractivity contribution is 7.18. The number of rotatable bonds is 3. The van der Waals surface area contributed by atoms with Gasteiger partial charge in [0.1, 0.15) is 0 Å². The van der Waals surface area contributed by atoms with Gasteiger partial charge in [-0.05, 0) is 61.5 Å². The normalized spacial score (nSPS) is 12.3. The maximum absolute atomic E-state index is 3.57. The summed E-state index contributed by atoms with van der Waals surface area (Å²) >= 11 is 1.89. The van der Waals surface area contributed by atoms with Gasteiger partial charge in [0.2, 0.25) is 0 Å². The summed E-state index contributed by atoms with van der Waals surface area (Å²) in [4.78, 5) is 0. The third-order valence-corrected chi connectivity index (χ3v) is 7.58. The summed E-state index contributed by atoms with van der Waals surface area (Å²) in [5.41, 5.74) is 5.80. The van der Waals surface area contributed by atoms with Crippen LogP contribution in [-0.2, 0) is 0 Å². The summed E-state index contributed by atoms with van der Waals surface area (Å²) in [6.07, 6.45) is 4.46. The van der Waals surface area contributed by atoms with Crippen molar-refractivity contribution in [3.05, 3.63) is 101 Å². The molecule has 0 amide bonds. The van der Waals surface area contributed by atoms with E-state index in [1.165, 1.54) is 47.3 Å². The van der Waals surface area contributed by atoms with E-state index < -0.39 is 0 Å². The van der Waals surface area contributed by atoms with E-state index in [2.05, 4.69) is 121 Å². The van der Waals surface area contributed by atoms with Crippen LogP contribution in [0.15, 0.2) is 91.0 Å². The number of benzene rings is 4. The van der Waals surface area contributed by atoms with E-state index in [0.717, 1.165) is 11.4 Å². The van der Waals surface area contributed by atoms with E-state index in [4.69, 9.17) is 0 Å². The Morgan fingerprint density at radius 1 is 0.686 bits per heavy atom. The predicted octanol–water partition coefficient (Wildman–Crippen LogP) is 8.37. The SMILES string of the molecule is C/C=c1\c(=C/C)sc2c1ccc1c2c2ccc(Nc3ccccc3)cc2n1-c1ccccc1.CC. The van der Waals surface area contributed by atoms with Gasteiger partial charge in [0.25, 0.3) is 0 Å². The van der Waals surface area contributed by atoms with Crippen molar-refractivity contribution in [1.29, 1.82) is 0 Å². The van der Waals surface area contributed by atoms with E-state index in [1.54, 1.807) is 0 Å². The van der Waals surface area contributed by atoms with Gasteiger partial charge in [-0.15, -0.1) is 11.3 Å². The standard InChI is InChI=1S/C30H24N2S.C2H6/c1-3-23-24-17-18-26-29(30(24)33-28(23)4-2)25-16-15-21(31-20-11-7-5-8-12-20)19-27(25)32(26)22-13-9-6-10-14-22;1-2/h3-19,31H,1-2H3;1-2H3/b23-3-,28-4+;. The minimum atomic E-state index is 1.08. The number of nitrogens with zero attached hydrogens (tertiary/aromatic N) is 1. The molecule has 4 aromatic carbocycles. The molecule has 1 N–H and O–H groups in total. The van der Waals surface area contributed by atoms with Gasteiger partial charge >= 0.3 is 0 Å². The van der Waals surface area contributed by atoms with Crippen LogP contribution >= 0.6 is 11.3 Å². The number of fused-ring (bicyclic) bond motifs is 5. The zero-order valence-electron chi connectivity index (χ0n) is 20.7. The van der Waals surface area contributed by atoms with Gasteiger partial charge in [-0.1, -0.05) is 74.5 Å². The number of anilines is 2. The third kappa shape index (κ3) is 3.92. The van der Waals surface area contributed by atoms with Gasteiger partial charge in [-0.3, -0.25) is 0 Å². The zero-order valence-corrected chi connectivity index (χ0v) is 21.5. The fourth-order valence-corrected chi connectivity index (χ4v) is 6.11. The lowest BCUT2D eigenvalue weighted by molar-refractivity contribution is 1.18. The summed E-state index contributed by atoms with van der Waals surface area (Å²) < 4.78 is 5.09. The first-order chi connectivity index (χ1) is 17.3. The topological polar surface area (TPSA) is 17.0 Å². The largest absolute Gasteiger partial charge is 0.355 e. The molecule has 0 atom stereocenters. The van der Waals surface area contributed by atoms with Crippen LogP contribution in [0.5, 0.6) is 0 Å². The molecule has 0 bridgehead atoms. The lowest BCUT2D eigenvalue weighted by atomic mass is 10.1. The summed E-state index contributed by atoms with van der Waals surface area (Å²) in [5.74, 6) is 0. The van der Waals surface area contributed by atoms with Gasteiger partial charge in [0.15, 0.2) is 0 Å². The predicted molar refractivity (Wildman–Crippen MR) is 157 cm³/mol. The second-order valence-corrected chi connectivity index (χ2v) is 9.24. The number of thiophene rings is 1.